The van der Waals surface area contributed by atoms with Gasteiger partial charge in [-0.05, 0) is 56.3 Å². The number of para-hydroxylation sites is 1. The van der Waals surface area contributed by atoms with Gasteiger partial charge in [0.05, 0.1) is 38.4 Å². The molecule has 154 valence electrons. The number of likely N-dealkylation sites (tertiary alicyclic amines) is 1. The van der Waals surface area contributed by atoms with E-state index in [4.69, 9.17) is 16.6 Å². The predicted octanol–water partition coefficient (Wildman–Crippen LogP) is 4.60. The molecule has 0 aliphatic carbocycles. The molecule has 0 bridgehead atoms. The number of thiazole rings is 1. The number of anilines is 1. The number of rotatable bonds is 3. The van der Waals surface area contributed by atoms with Crippen LogP contribution in [0.15, 0.2) is 42.5 Å². The number of carbonyl (C=O) groups is 2. The highest BCUT2D eigenvalue weighted by Crippen LogP contribution is 2.36. The molecule has 0 N–H and O–H groups in total. The van der Waals surface area contributed by atoms with Crippen molar-refractivity contribution >= 4 is 50.7 Å². The second-order valence-corrected chi connectivity index (χ2v) is 9.19. The molecule has 0 saturated carbocycles. The number of fused-ring (bicyclic) bond motifs is 1. The highest BCUT2D eigenvalue weighted by Gasteiger charge is 2.43. The third-order valence-electron chi connectivity index (χ3n) is 5.91. The van der Waals surface area contributed by atoms with Gasteiger partial charge in [0.15, 0.2) is 0 Å². The molecular weight excluding hydrogens is 425 g/mol. The van der Waals surface area contributed by atoms with Gasteiger partial charge in [-0.2, -0.15) is 0 Å². The summed E-state index contributed by atoms with van der Waals surface area (Å²) in [5.74, 6) is -0.743. The van der Waals surface area contributed by atoms with Gasteiger partial charge in [-0.1, -0.05) is 23.7 Å². The maximum absolute atomic E-state index is 13.5. The molecule has 1 unspecified atom stereocenters. The van der Waals surface area contributed by atoms with Crippen LogP contribution in [0.4, 0.5) is 10.1 Å². The molecule has 2 aromatic carbocycles. The monoisotopic (exact) mass is 443 g/mol. The highest BCUT2D eigenvalue weighted by atomic mass is 35.5. The topological polar surface area (TPSA) is 53.5 Å². The first-order chi connectivity index (χ1) is 14.5. The van der Waals surface area contributed by atoms with Crippen LogP contribution in [0.2, 0.25) is 5.02 Å². The van der Waals surface area contributed by atoms with Crippen LogP contribution in [0.3, 0.4) is 0 Å². The van der Waals surface area contributed by atoms with Gasteiger partial charge in [0, 0.05) is 5.92 Å². The van der Waals surface area contributed by atoms with E-state index in [2.05, 4.69) is 11.0 Å². The van der Waals surface area contributed by atoms with Crippen molar-refractivity contribution in [1.29, 1.82) is 0 Å². The van der Waals surface area contributed by atoms with Crippen LogP contribution >= 0.6 is 22.9 Å². The minimum absolute atomic E-state index is 0.104. The summed E-state index contributed by atoms with van der Waals surface area (Å²) in [4.78, 5) is 33.6. The fourth-order valence-corrected chi connectivity index (χ4v) is 5.63. The zero-order valence-corrected chi connectivity index (χ0v) is 17.6. The first-order valence-corrected chi connectivity index (χ1v) is 11.1. The van der Waals surface area contributed by atoms with E-state index >= 15 is 0 Å². The number of piperidine rings is 1. The molecule has 8 heteroatoms. The fourth-order valence-electron chi connectivity index (χ4n) is 4.32. The molecule has 3 heterocycles. The predicted molar refractivity (Wildman–Crippen MR) is 115 cm³/mol. The number of hydrogen-bond acceptors (Lipinski definition) is 5. The molecule has 2 saturated heterocycles. The Labute approximate surface area is 182 Å². The van der Waals surface area contributed by atoms with Crippen molar-refractivity contribution in [2.75, 3.05) is 18.0 Å². The molecule has 5 nitrogen and oxygen atoms in total. The lowest BCUT2D eigenvalue weighted by molar-refractivity contribution is -0.123. The van der Waals surface area contributed by atoms with Crippen molar-refractivity contribution in [3.8, 4) is 0 Å². The van der Waals surface area contributed by atoms with Crippen LogP contribution in [0.25, 0.3) is 10.2 Å². The molecule has 2 amide bonds. The summed E-state index contributed by atoms with van der Waals surface area (Å²) < 4.78 is 14.7. The van der Waals surface area contributed by atoms with Crippen molar-refractivity contribution < 1.29 is 14.0 Å². The van der Waals surface area contributed by atoms with Gasteiger partial charge < -0.3 is 0 Å². The number of halogens is 2. The average Bonchev–Trinajstić information content (AvgIpc) is 3.31. The molecule has 1 aromatic heterocycles. The zero-order chi connectivity index (χ0) is 20.8. The van der Waals surface area contributed by atoms with Crippen molar-refractivity contribution in [3.05, 3.63) is 58.3 Å². The van der Waals surface area contributed by atoms with Crippen LogP contribution in [0, 0.1) is 5.82 Å². The van der Waals surface area contributed by atoms with Crippen LogP contribution in [0.5, 0.6) is 0 Å². The number of amides is 2. The Morgan fingerprint density at radius 2 is 1.87 bits per heavy atom. The largest absolute Gasteiger partial charge is 0.291 e. The van der Waals surface area contributed by atoms with E-state index in [-0.39, 0.29) is 23.3 Å². The first-order valence-electron chi connectivity index (χ1n) is 9.92. The minimum Gasteiger partial charge on any atom is -0.291 e. The summed E-state index contributed by atoms with van der Waals surface area (Å²) in [6, 6.07) is 11.6. The average molecular weight is 444 g/mol. The van der Waals surface area contributed by atoms with Gasteiger partial charge in [-0.3, -0.25) is 14.5 Å². The summed E-state index contributed by atoms with van der Waals surface area (Å²) in [5, 5.41) is 1.04. The quantitative estimate of drug-likeness (QED) is 0.555. The van der Waals surface area contributed by atoms with E-state index in [9.17, 15) is 14.0 Å². The summed E-state index contributed by atoms with van der Waals surface area (Å²) >= 11 is 7.57. The SMILES string of the molecule is O=C1CC(N2CCC(c3nc4ccccc4s3)CC2)C(=O)N1c1ccc(F)c(Cl)c1. The zero-order valence-electron chi connectivity index (χ0n) is 16.1. The Hall–Kier alpha value is -2.35. The Morgan fingerprint density at radius 1 is 1.10 bits per heavy atom. The van der Waals surface area contributed by atoms with E-state index < -0.39 is 11.9 Å². The summed E-state index contributed by atoms with van der Waals surface area (Å²) in [7, 11) is 0. The number of hydrogen-bond donors (Lipinski definition) is 0. The second kappa shape index (κ2) is 7.72. The number of aromatic nitrogens is 1. The molecule has 0 spiro atoms. The van der Waals surface area contributed by atoms with Crippen molar-refractivity contribution in [3.63, 3.8) is 0 Å². The van der Waals surface area contributed by atoms with Crippen LogP contribution < -0.4 is 4.90 Å². The lowest BCUT2D eigenvalue weighted by atomic mass is 9.96. The Balaban J connectivity index is 1.28. The van der Waals surface area contributed by atoms with Crippen LogP contribution in [-0.2, 0) is 9.59 Å². The molecule has 5 rings (SSSR count). The first kappa shape index (κ1) is 19.6. The lowest BCUT2D eigenvalue weighted by Gasteiger charge is -2.34. The van der Waals surface area contributed by atoms with E-state index in [1.54, 1.807) is 11.3 Å². The van der Waals surface area contributed by atoms with Gasteiger partial charge >= 0.3 is 0 Å². The smallest absolute Gasteiger partial charge is 0.251 e. The fraction of sp³-hybridized carbons (Fsp3) is 0.318. The van der Waals surface area contributed by atoms with E-state index in [0.29, 0.717) is 11.6 Å². The van der Waals surface area contributed by atoms with Crippen molar-refractivity contribution in [2.24, 2.45) is 0 Å². The van der Waals surface area contributed by atoms with Gasteiger partial charge in [0.25, 0.3) is 5.91 Å². The molecular formula is C22H19ClFN3O2S. The molecule has 30 heavy (non-hydrogen) atoms. The Morgan fingerprint density at radius 3 is 2.60 bits per heavy atom. The molecule has 2 aliphatic heterocycles. The Bertz CT molecular complexity index is 1110. The van der Waals surface area contributed by atoms with Crippen molar-refractivity contribution in [1.82, 2.24) is 9.88 Å². The number of imide groups is 1. The standard InChI is InChI=1S/C22H19ClFN3O2S/c23-15-11-14(5-6-16(15)24)27-20(28)12-18(22(27)29)26-9-7-13(8-10-26)21-25-17-3-1-2-4-19(17)30-21/h1-6,11,13,18H,7-10,12H2. The molecule has 2 aliphatic rings. The number of nitrogens with zero attached hydrogens (tertiary/aromatic N) is 3. The Kier molecular flexibility index (Phi) is 5.05. The van der Waals surface area contributed by atoms with E-state index in [1.807, 2.05) is 18.2 Å². The normalized spacial score (nSPS) is 21.1. The molecule has 1 atom stereocenters. The van der Waals surface area contributed by atoms with Crippen LogP contribution in [-0.4, -0.2) is 40.8 Å². The lowest BCUT2D eigenvalue weighted by Crippen LogP contribution is -2.45. The van der Waals surface area contributed by atoms with Crippen LogP contribution in [0.1, 0.15) is 30.2 Å². The maximum atomic E-state index is 13.5. The maximum Gasteiger partial charge on any atom is 0.251 e. The number of carbonyl (C=O) groups excluding carboxylic acids is 2. The minimum atomic E-state index is -0.576. The summed E-state index contributed by atoms with van der Waals surface area (Å²) in [5.41, 5.74) is 1.35. The molecule has 0 radical (unpaired) electrons. The highest BCUT2D eigenvalue weighted by molar-refractivity contribution is 7.18. The molecule has 2 fully saturated rings. The van der Waals surface area contributed by atoms with Gasteiger partial charge in [0.2, 0.25) is 5.91 Å². The summed E-state index contributed by atoms with van der Waals surface area (Å²) in [6.07, 6.45) is 1.94. The van der Waals surface area contributed by atoms with Crippen molar-refractivity contribution in [2.45, 2.75) is 31.2 Å². The van der Waals surface area contributed by atoms with Gasteiger partial charge in [0.1, 0.15) is 5.82 Å². The summed E-state index contributed by atoms with van der Waals surface area (Å²) in [6.45, 7) is 1.48. The third kappa shape index (κ3) is 3.41. The van der Waals surface area contributed by atoms with Gasteiger partial charge in [-0.25, -0.2) is 14.3 Å². The van der Waals surface area contributed by atoms with Gasteiger partial charge in [-0.15, -0.1) is 11.3 Å². The van der Waals surface area contributed by atoms with E-state index in [0.717, 1.165) is 41.4 Å². The van der Waals surface area contributed by atoms with E-state index in [1.165, 1.54) is 22.9 Å². The third-order valence-corrected chi connectivity index (χ3v) is 7.40. The molecule has 3 aromatic rings. The second-order valence-electron chi connectivity index (χ2n) is 7.72. The number of benzene rings is 2.